The Labute approximate surface area is 127 Å². The average Bonchev–Trinajstić information content (AvgIpc) is 2.94. The molecule has 0 atom stereocenters. The summed E-state index contributed by atoms with van der Waals surface area (Å²) >= 11 is 1.35. The number of amides is 1. The second kappa shape index (κ2) is 6.85. The van der Waals surface area contributed by atoms with Crippen molar-refractivity contribution >= 4 is 29.3 Å². The zero-order chi connectivity index (χ0) is 15.2. The van der Waals surface area contributed by atoms with Crippen LogP contribution in [0.2, 0.25) is 0 Å². The van der Waals surface area contributed by atoms with E-state index in [4.69, 9.17) is 5.11 Å². The number of hydrogen-bond donors (Lipinski definition) is 1. The summed E-state index contributed by atoms with van der Waals surface area (Å²) in [4.78, 5) is 25.1. The Morgan fingerprint density at radius 2 is 2.00 bits per heavy atom. The molecule has 1 heterocycles. The Balaban J connectivity index is 2.04. The van der Waals surface area contributed by atoms with Gasteiger partial charge in [-0.3, -0.25) is 4.79 Å². The highest BCUT2D eigenvalue weighted by atomic mass is 32.1. The molecule has 2 rings (SSSR count). The molecule has 108 valence electrons. The predicted molar refractivity (Wildman–Crippen MR) is 83.2 cm³/mol. The first-order valence-electron chi connectivity index (χ1n) is 6.35. The van der Waals surface area contributed by atoms with Crippen molar-refractivity contribution in [2.75, 3.05) is 7.05 Å². The third kappa shape index (κ3) is 4.29. The molecule has 0 bridgehead atoms. The first-order chi connectivity index (χ1) is 10.1. The van der Waals surface area contributed by atoms with E-state index >= 15 is 0 Å². The van der Waals surface area contributed by atoms with Crippen LogP contribution < -0.4 is 0 Å². The SMILES string of the molecule is CN(Cc1ccccc1)C(=O)c1csc(C=CC(=O)O)c1. The summed E-state index contributed by atoms with van der Waals surface area (Å²) < 4.78 is 0. The Bertz CT molecular complexity index is 661. The molecule has 0 aliphatic carbocycles. The van der Waals surface area contributed by atoms with E-state index in [1.807, 2.05) is 30.3 Å². The number of carboxylic acids is 1. The number of aliphatic carboxylic acids is 1. The molecule has 1 N–H and O–H groups in total. The lowest BCUT2D eigenvalue weighted by Crippen LogP contribution is -2.25. The van der Waals surface area contributed by atoms with E-state index in [9.17, 15) is 9.59 Å². The minimum atomic E-state index is -1.00. The van der Waals surface area contributed by atoms with Gasteiger partial charge in [0.25, 0.3) is 5.91 Å². The van der Waals surface area contributed by atoms with Gasteiger partial charge in [0.2, 0.25) is 0 Å². The Morgan fingerprint density at radius 3 is 2.67 bits per heavy atom. The van der Waals surface area contributed by atoms with Crippen LogP contribution in [0.4, 0.5) is 0 Å². The van der Waals surface area contributed by atoms with Crippen LogP contribution >= 0.6 is 11.3 Å². The number of rotatable bonds is 5. The molecule has 0 saturated heterocycles. The highest BCUT2D eigenvalue weighted by Crippen LogP contribution is 2.18. The van der Waals surface area contributed by atoms with Gasteiger partial charge in [0.15, 0.2) is 0 Å². The fourth-order valence-corrected chi connectivity index (χ4v) is 2.63. The zero-order valence-corrected chi connectivity index (χ0v) is 12.3. The molecule has 4 nitrogen and oxygen atoms in total. The maximum absolute atomic E-state index is 12.3. The lowest BCUT2D eigenvalue weighted by molar-refractivity contribution is -0.131. The molecule has 1 aromatic heterocycles. The van der Waals surface area contributed by atoms with Crippen LogP contribution in [0.3, 0.4) is 0 Å². The van der Waals surface area contributed by atoms with E-state index in [-0.39, 0.29) is 5.91 Å². The van der Waals surface area contributed by atoms with Crippen LogP contribution in [0.25, 0.3) is 6.08 Å². The topological polar surface area (TPSA) is 57.6 Å². The molecule has 0 unspecified atom stereocenters. The smallest absolute Gasteiger partial charge is 0.328 e. The summed E-state index contributed by atoms with van der Waals surface area (Å²) in [5.74, 6) is -1.08. The standard InChI is InChI=1S/C16H15NO3S/c1-17(10-12-5-3-2-4-6-12)16(20)13-9-14(21-11-13)7-8-15(18)19/h2-9,11H,10H2,1H3,(H,18,19). The lowest BCUT2D eigenvalue weighted by Gasteiger charge is -2.16. The number of hydrogen-bond acceptors (Lipinski definition) is 3. The van der Waals surface area contributed by atoms with Crippen molar-refractivity contribution in [2.45, 2.75) is 6.54 Å². The zero-order valence-electron chi connectivity index (χ0n) is 11.5. The number of benzene rings is 1. The minimum absolute atomic E-state index is 0.0786. The maximum Gasteiger partial charge on any atom is 0.328 e. The monoisotopic (exact) mass is 301 g/mol. The van der Waals surface area contributed by atoms with Gasteiger partial charge in [0.05, 0.1) is 5.56 Å². The Morgan fingerprint density at radius 1 is 1.29 bits per heavy atom. The highest BCUT2D eigenvalue weighted by molar-refractivity contribution is 7.11. The summed E-state index contributed by atoms with van der Waals surface area (Å²) in [6.45, 7) is 0.538. The Hall–Kier alpha value is -2.40. The molecular formula is C16H15NO3S. The van der Waals surface area contributed by atoms with Gasteiger partial charge < -0.3 is 10.0 Å². The van der Waals surface area contributed by atoms with Gasteiger partial charge in [-0.1, -0.05) is 30.3 Å². The summed E-state index contributed by atoms with van der Waals surface area (Å²) in [5, 5.41) is 10.3. The number of carboxylic acid groups (broad SMARTS) is 1. The van der Waals surface area contributed by atoms with Crippen molar-refractivity contribution in [1.29, 1.82) is 0 Å². The molecule has 0 fully saturated rings. The van der Waals surface area contributed by atoms with E-state index in [0.717, 1.165) is 16.5 Å². The van der Waals surface area contributed by atoms with E-state index < -0.39 is 5.97 Å². The van der Waals surface area contributed by atoms with Crippen molar-refractivity contribution in [3.8, 4) is 0 Å². The van der Waals surface area contributed by atoms with Gasteiger partial charge in [-0.25, -0.2) is 4.79 Å². The van der Waals surface area contributed by atoms with Crippen molar-refractivity contribution in [3.63, 3.8) is 0 Å². The summed E-state index contributed by atoms with van der Waals surface area (Å²) in [6, 6.07) is 11.5. The fraction of sp³-hybridized carbons (Fsp3) is 0.125. The van der Waals surface area contributed by atoms with E-state index in [2.05, 4.69) is 0 Å². The summed E-state index contributed by atoms with van der Waals surface area (Å²) in [5.41, 5.74) is 1.64. The van der Waals surface area contributed by atoms with E-state index in [0.29, 0.717) is 12.1 Å². The Kier molecular flexibility index (Phi) is 4.90. The summed E-state index contributed by atoms with van der Waals surface area (Å²) in [7, 11) is 1.75. The van der Waals surface area contributed by atoms with Crippen LogP contribution in [0, 0.1) is 0 Å². The van der Waals surface area contributed by atoms with E-state index in [1.54, 1.807) is 23.4 Å². The minimum Gasteiger partial charge on any atom is -0.478 e. The van der Waals surface area contributed by atoms with Gasteiger partial charge in [0, 0.05) is 29.9 Å². The number of thiophene rings is 1. The molecule has 0 radical (unpaired) electrons. The highest BCUT2D eigenvalue weighted by Gasteiger charge is 2.13. The normalized spacial score (nSPS) is 10.7. The van der Waals surface area contributed by atoms with Crippen LogP contribution in [0.1, 0.15) is 20.8 Å². The summed E-state index contributed by atoms with van der Waals surface area (Å²) in [6.07, 6.45) is 2.55. The van der Waals surface area contributed by atoms with Gasteiger partial charge in [-0.05, 0) is 17.7 Å². The van der Waals surface area contributed by atoms with E-state index in [1.165, 1.54) is 17.4 Å². The van der Waals surface area contributed by atoms with Gasteiger partial charge in [-0.15, -0.1) is 11.3 Å². The molecular weight excluding hydrogens is 286 g/mol. The quantitative estimate of drug-likeness (QED) is 0.863. The number of carbonyl (C=O) groups excluding carboxylic acids is 1. The van der Waals surface area contributed by atoms with Crippen molar-refractivity contribution in [3.05, 3.63) is 63.9 Å². The van der Waals surface area contributed by atoms with Crippen LogP contribution in [-0.4, -0.2) is 28.9 Å². The van der Waals surface area contributed by atoms with Crippen LogP contribution in [-0.2, 0) is 11.3 Å². The van der Waals surface area contributed by atoms with Gasteiger partial charge >= 0.3 is 5.97 Å². The van der Waals surface area contributed by atoms with Gasteiger partial charge in [0.1, 0.15) is 0 Å². The molecule has 0 aliphatic heterocycles. The molecule has 1 aromatic carbocycles. The van der Waals surface area contributed by atoms with Crippen LogP contribution in [0.5, 0.6) is 0 Å². The molecule has 0 aliphatic rings. The molecule has 0 spiro atoms. The second-order valence-electron chi connectivity index (χ2n) is 4.56. The molecule has 0 saturated carbocycles. The third-order valence-corrected chi connectivity index (χ3v) is 3.76. The van der Waals surface area contributed by atoms with Crippen molar-refractivity contribution < 1.29 is 14.7 Å². The average molecular weight is 301 g/mol. The van der Waals surface area contributed by atoms with Gasteiger partial charge in [-0.2, -0.15) is 0 Å². The lowest BCUT2D eigenvalue weighted by atomic mass is 10.2. The maximum atomic E-state index is 12.3. The first kappa shape index (κ1) is 15.0. The van der Waals surface area contributed by atoms with Crippen molar-refractivity contribution in [2.24, 2.45) is 0 Å². The fourth-order valence-electron chi connectivity index (χ4n) is 1.86. The number of nitrogens with zero attached hydrogens (tertiary/aromatic N) is 1. The third-order valence-electron chi connectivity index (χ3n) is 2.87. The molecule has 21 heavy (non-hydrogen) atoms. The van der Waals surface area contributed by atoms with Crippen LogP contribution in [0.15, 0.2) is 47.9 Å². The molecule has 5 heteroatoms. The first-order valence-corrected chi connectivity index (χ1v) is 7.23. The predicted octanol–water partition coefficient (Wildman–Crippen LogP) is 3.12. The molecule has 2 aromatic rings. The largest absolute Gasteiger partial charge is 0.478 e. The second-order valence-corrected chi connectivity index (χ2v) is 5.50. The van der Waals surface area contributed by atoms with Crippen molar-refractivity contribution in [1.82, 2.24) is 4.90 Å². The number of carbonyl (C=O) groups is 2. The molecule has 1 amide bonds.